The number of hydrogen-bond acceptors (Lipinski definition) is 7. The molecule has 7 nitrogen and oxygen atoms in total. The van der Waals surface area contributed by atoms with Gasteiger partial charge in [0.25, 0.3) is 0 Å². The van der Waals surface area contributed by atoms with E-state index in [1.807, 2.05) is 43.4 Å². The molecular formula is C23H29N3O4S. The van der Waals surface area contributed by atoms with Gasteiger partial charge in [0.15, 0.2) is 16.5 Å². The molecule has 2 aromatic heterocycles. The second-order valence-electron chi connectivity index (χ2n) is 7.59. The first-order valence-electron chi connectivity index (χ1n) is 10.8. The number of methoxy groups -OCH3 is 1. The maximum absolute atomic E-state index is 12.4. The fourth-order valence-corrected chi connectivity index (χ4v) is 5.14. The van der Waals surface area contributed by atoms with Crippen LogP contribution in [0, 0.1) is 6.92 Å². The van der Waals surface area contributed by atoms with Crippen LogP contribution < -0.4 is 14.8 Å². The molecule has 0 spiro atoms. The van der Waals surface area contributed by atoms with Gasteiger partial charge in [-0.05, 0) is 51.8 Å². The highest BCUT2D eigenvalue weighted by Gasteiger charge is 2.26. The minimum absolute atomic E-state index is 0.299. The van der Waals surface area contributed by atoms with Crippen LogP contribution in [0.2, 0.25) is 0 Å². The quantitative estimate of drug-likeness (QED) is 0.476. The van der Waals surface area contributed by atoms with Crippen LogP contribution in [-0.2, 0) is 4.74 Å². The summed E-state index contributed by atoms with van der Waals surface area (Å²) >= 11 is 1.36. The highest BCUT2D eigenvalue weighted by atomic mass is 32.1. The van der Waals surface area contributed by atoms with Crippen molar-refractivity contribution in [2.75, 3.05) is 25.6 Å². The molecule has 1 saturated carbocycles. The molecule has 1 aliphatic carbocycles. The molecule has 1 fully saturated rings. The van der Waals surface area contributed by atoms with Gasteiger partial charge in [-0.3, -0.25) is 4.40 Å². The lowest BCUT2D eigenvalue weighted by molar-refractivity contribution is 0.0531. The summed E-state index contributed by atoms with van der Waals surface area (Å²) in [6.45, 7) is 6.63. The first kappa shape index (κ1) is 21.5. The molecule has 3 aromatic rings. The Labute approximate surface area is 186 Å². The van der Waals surface area contributed by atoms with Crippen LogP contribution in [0.4, 0.5) is 5.82 Å². The molecule has 4 rings (SSSR count). The highest BCUT2D eigenvalue weighted by Crippen LogP contribution is 2.39. The SMILES string of the molecule is CCOC(=O)c1sc2nc(-c3ccc(OCC)c(OC)c3)c(NC3CCCC3)n2c1C. The standard InChI is InChI=1S/C23H29N3O4S/c1-5-29-17-12-11-15(13-18(17)28-4)19-21(24-16-9-7-8-10-16)26-14(3)20(22(27)30-6-2)31-23(26)25-19/h11-13,16,24H,5-10H2,1-4H3. The molecule has 2 heterocycles. The lowest BCUT2D eigenvalue weighted by Gasteiger charge is -2.16. The molecule has 0 saturated heterocycles. The van der Waals surface area contributed by atoms with E-state index in [0.29, 0.717) is 35.6 Å². The van der Waals surface area contributed by atoms with E-state index in [1.165, 1.54) is 24.2 Å². The first-order valence-corrected chi connectivity index (χ1v) is 11.7. The van der Waals surface area contributed by atoms with Crippen molar-refractivity contribution in [1.29, 1.82) is 0 Å². The number of imidazole rings is 1. The van der Waals surface area contributed by atoms with Gasteiger partial charge < -0.3 is 19.5 Å². The van der Waals surface area contributed by atoms with Crippen molar-refractivity contribution in [3.63, 3.8) is 0 Å². The van der Waals surface area contributed by atoms with Gasteiger partial charge >= 0.3 is 5.97 Å². The minimum atomic E-state index is -0.299. The molecule has 1 aliphatic rings. The zero-order valence-electron chi connectivity index (χ0n) is 18.5. The summed E-state index contributed by atoms with van der Waals surface area (Å²) in [5, 5.41) is 3.72. The second-order valence-corrected chi connectivity index (χ2v) is 8.57. The number of esters is 1. The van der Waals surface area contributed by atoms with Crippen LogP contribution in [-0.4, -0.2) is 41.7 Å². The van der Waals surface area contributed by atoms with Crippen molar-refractivity contribution in [1.82, 2.24) is 9.38 Å². The van der Waals surface area contributed by atoms with Gasteiger partial charge in [0, 0.05) is 17.3 Å². The van der Waals surface area contributed by atoms with Crippen molar-refractivity contribution in [3.8, 4) is 22.8 Å². The van der Waals surface area contributed by atoms with E-state index < -0.39 is 0 Å². The Bertz CT molecular complexity index is 1080. The van der Waals surface area contributed by atoms with E-state index in [0.717, 1.165) is 40.6 Å². The predicted octanol–water partition coefficient (Wildman–Crippen LogP) is 5.31. The topological polar surface area (TPSA) is 74.1 Å². The summed E-state index contributed by atoms with van der Waals surface area (Å²) in [4.78, 5) is 18.7. The molecule has 0 bridgehead atoms. The summed E-state index contributed by atoms with van der Waals surface area (Å²) in [6, 6.07) is 6.27. The molecule has 8 heteroatoms. The van der Waals surface area contributed by atoms with Gasteiger partial charge in [0.1, 0.15) is 16.4 Å². The van der Waals surface area contributed by atoms with E-state index in [-0.39, 0.29) is 5.97 Å². The van der Waals surface area contributed by atoms with Crippen molar-refractivity contribution < 1.29 is 19.0 Å². The lowest BCUT2D eigenvalue weighted by Crippen LogP contribution is -2.17. The Morgan fingerprint density at radius 3 is 2.68 bits per heavy atom. The van der Waals surface area contributed by atoms with Gasteiger partial charge in [-0.2, -0.15) is 0 Å². The number of thiazole rings is 1. The number of benzene rings is 1. The van der Waals surface area contributed by atoms with E-state index >= 15 is 0 Å². The number of carbonyl (C=O) groups excluding carboxylic acids is 1. The zero-order valence-corrected chi connectivity index (χ0v) is 19.3. The summed E-state index contributed by atoms with van der Waals surface area (Å²) in [5.74, 6) is 2.00. The van der Waals surface area contributed by atoms with Crippen LogP contribution in [0.25, 0.3) is 16.2 Å². The Morgan fingerprint density at radius 2 is 2.00 bits per heavy atom. The minimum Gasteiger partial charge on any atom is -0.493 e. The molecule has 0 atom stereocenters. The van der Waals surface area contributed by atoms with Crippen molar-refractivity contribution >= 4 is 28.1 Å². The number of ether oxygens (including phenoxy) is 3. The summed E-state index contributed by atoms with van der Waals surface area (Å²) in [7, 11) is 1.64. The van der Waals surface area contributed by atoms with Crippen molar-refractivity contribution in [2.45, 2.75) is 52.5 Å². The zero-order chi connectivity index (χ0) is 22.0. The Hall–Kier alpha value is -2.74. The Balaban J connectivity index is 1.83. The predicted molar refractivity (Wildman–Crippen MR) is 123 cm³/mol. The molecule has 0 aliphatic heterocycles. The number of carbonyl (C=O) groups is 1. The number of hydrogen-bond donors (Lipinski definition) is 1. The van der Waals surface area contributed by atoms with Crippen LogP contribution in [0.5, 0.6) is 11.5 Å². The molecule has 31 heavy (non-hydrogen) atoms. The average Bonchev–Trinajstić information content (AvgIpc) is 3.47. The van der Waals surface area contributed by atoms with Gasteiger partial charge in [-0.15, -0.1) is 0 Å². The first-order chi connectivity index (χ1) is 15.1. The summed E-state index contributed by atoms with van der Waals surface area (Å²) < 4.78 is 18.5. The van der Waals surface area contributed by atoms with Crippen LogP contribution in [0.1, 0.15) is 54.9 Å². The highest BCUT2D eigenvalue weighted by molar-refractivity contribution is 7.19. The van der Waals surface area contributed by atoms with E-state index in [4.69, 9.17) is 19.2 Å². The van der Waals surface area contributed by atoms with Gasteiger partial charge in [0.2, 0.25) is 0 Å². The van der Waals surface area contributed by atoms with Crippen LogP contribution in [0.15, 0.2) is 18.2 Å². The molecule has 166 valence electrons. The smallest absolute Gasteiger partial charge is 0.350 e. The third-order valence-corrected chi connectivity index (χ3v) is 6.72. The lowest BCUT2D eigenvalue weighted by atomic mass is 10.1. The summed E-state index contributed by atoms with van der Waals surface area (Å²) in [5.41, 5.74) is 2.63. The fourth-order valence-electron chi connectivity index (χ4n) is 4.12. The third-order valence-electron chi connectivity index (χ3n) is 5.60. The van der Waals surface area contributed by atoms with Gasteiger partial charge in [-0.25, -0.2) is 9.78 Å². The largest absolute Gasteiger partial charge is 0.493 e. The van der Waals surface area contributed by atoms with E-state index in [2.05, 4.69) is 5.32 Å². The molecule has 0 amide bonds. The fraction of sp³-hybridized carbons (Fsp3) is 0.478. The Morgan fingerprint density at radius 1 is 1.23 bits per heavy atom. The monoisotopic (exact) mass is 443 g/mol. The van der Waals surface area contributed by atoms with Gasteiger partial charge in [-0.1, -0.05) is 24.2 Å². The van der Waals surface area contributed by atoms with E-state index in [9.17, 15) is 4.79 Å². The van der Waals surface area contributed by atoms with Crippen molar-refractivity contribution in [2.24, 2.45) is 0 Å². The molecular weight excluding hydrogens is 414 g/mol. The number of aromatic nitrogens is 2. The molecule has 1 N–H and O–H groups in total. The molecule has 0 radical (unpaired) electrons. The third kappa shape index (κ3) is 4.08. The summed E-state index contributed by atoms with van der Waals surface area (Å²) in [6.07, 6.45) is 4.71. The molecule has 1 aromatic carbocycles. The Kier molecular flexibility index (Phi) is 6.36. The van der Waals surface area contributed by atoms with Crippen LogP contribution >= 0.6 is 11.3 Å². The number of aryl methyl sites for hydroxylation is 1. The average molecular weight is 444 g/mol. The van der Waals surface area contributed by atoms with Crippen molar-refractivity contribution in [3.05, 3.63) is 28.8 Å². The number of nitrogens with one attached hydrogen (secondary N) is 1. The molecule has 0 unspecified atom stereocenters. The number of anilines is 1. The maximum Gasteiger partial charge on any atom is 0.350 e. The normalized spacial score (nSPS) is 14.2. The maximum atomic E-state index is 12.4. The number of rotatable bonds is 8. The van der Waals surface area contributed by atoms with E-state index in [1.54, 1.807) is 7.11 Å². The number of nitrogens with zero attached hydrogens (tertiary/aromatic N) is 2. The number of fused-ring (bicyclic) bond motifs is 1. The van der Waals surface area contributed by atoms with Gasteiger partial charge in [0.05, 0.1) is 20.3 Å². The van der Waals surface area contributed by atoms with Crippen LogP contribution in [0.3, 0.4) is 0 Å². The second kappa shape index (κ2) is 9.18.